The molecule has 1 N–H and O–H groups in total. The third-order valence-electron chi connectivity index (χ3n) is 6.35. The minimum Gasteiger partial charge on any atom is -0.384 e. The highest BCUT2D eigenvalue weighted by Crippen LogP contribution is 2.44. The van der Waals surface area contributed by atoms with Crippen LogP contribution in [0.25, 0.3) is 0 Å². The molecule has 2 aromatic rings. The lowest BCUT2D eigenvalue weighted by Crippen LogP contribution is -2.46. The number of carbonyl (C=O) groups excluding carboxylic acids is 2. The lowest BCUT2D eigenvalue weighted by atomic mass is 9.92. The zero-order chi connectivity index (χ0) is 23.2. The van der Waals surface area contributed by atoms with Gasteiger partial charge < -0.3 is 15.1 Å². The molecule has 32 heavy (non-hydrogen) atoms. The Balaban J connectivity index is 1.86. The van der Waals surface area contributed by atoms with Gasteiger partial charge in [0.1, 0.15) is 5.38 Å². The zero-order valence-corrected chi connectivity index (χ0v) is 20.3. The number of halogens is 3. The average Bonchev–Trinajstić information content (AvgIpc) is 2.93. The van der Waals surface area contributed by atoms with Crippen molar-refractivity contribution in [3.05, 3.63) is 81.0 Å². The first-order valence-corrected chi connectivity index (χ1v) is 11.5. The number of alkyl halides is 1. The van der Waals surface area contributed by atoms with Crippen LogP contribution in [-0.4, -0.2) is 47.3 Å². The number of hydrogen-bond donors (Lipinski definition) is 1. The van der Waals surface area contributed by atoms with Gasteiger partial charge in [0.2, 0.25) is 5.91 Å². The second-order valence-corrected chi connectivity index (χ2v) is 9.77. The predicted molar refractivity (Wildman–Crippen MR) is 128 cm³/mol. The van der Waals surface area contributed by atoms with Crippen LogP contribution in [-0.2, 0) is 9.59 Å². The molecule has 0 fully saturated rings. The lowest BCUT2D eigenvalue weighted by Gasteiger charge is -2.34. The Morgan fingerprint density at radius 1 is 1.12 bits per heavy atom. The van der Waals surface area contributed by atoms with Gasteiger partial charge in [0, 0.05) is 25.8 Å². The van der Waals surface area contributed by atoms with Gasteiger partial charge in [-0.3, -0.25) is 9.59 Å². The van der Waals surface area contributed by atoms with E-state index in [1.54, 1.807) is 35.0 Å². The van der Waals surface area contributed by atoms with Crippen molar-refractivity contribution in [1.29, 1.82) is 0 Å². The van der Waals surface area contributed by atoms with Crippen LogP contribution >= 0.6 is 34.8 Å². The summed E-state index contributed by atoms with van der Waals surface area (Å²) in [5, 5.41) is 3.29. The molecule has 2 aliphatic rings. The van der Waals surface area contributed by atoms with Crippen molar-refractivity contribution in [3.63, 3.8) is 0 Å². The standard InChI is InChI=1S/C24H24Cl3N3O2/c1-24(2)21-18(22(31)29(24)3)20(15-9-10-16(25)17(26)13-15)30(12-11-28-21)23(32)19(27)14-7-5-4-6-8-14/h4-10,13,19-20,28H,11-12H2,1-3H3/t19-,20?/m0/s1. The van der Waals surface area contributed by atoms with Crippen LogP contribution in [0.2, 0.25) is 10.0 Å². The van der Waals surface area contributed by atoms with E-state index in [2.05, 4.69) is 5.32 Å². The van der Waals surface area contributed by atoms with Crippen LogP contribution in [0.4, 0.5) is 0 Å². The molecule has 5 nitrogen and oxygen atoms in total. The minimum atomic E-state index is -0.883. The van der Waals surface area contributed by atoms with Gasteiger partial charge in [0.25, 0.3) is 5.91 Å². The molecule has 2 amide bonds. The molecule has 0 bridgehead atoms. The largest absolute Gasteiger partial charge is 0.384 e. The Hall–Kier alpha value is -2.21. The summed E-state index contributed by atoms with van der Waals surface area (Å²) in [5.74, 6) is -0.413. The second-order valence-electron chi connectivity index (χ2n) is 8.52. The van der Waals surface area contributed by atoms with Crippen LogP contribution in [0, 0.1) is 0 Å². The molecule has 2 heterocycles. The smallest absolute Gasteiger partial charge is 0.254 e. The van der Waals surface area contributed by atoms with Crippen LogP contribution in [0.3, 0.4) is 0 Å². The number of benzene rings is 2. The number of nitrogens with zero attached hydrogens (tertiary/aromatic N) is 2. The average molecular weight is 493 g/mol. The summed E-state index contributed by atoms with van der Waals surface area (Å²) in [6.07, 6.45) is 0. The van der Waals surface area contributed by atoms with Gasteiger partial charge >= 0.3 is 0 Å². The van der Waals surface area contributed by atoms with E-state index >= 15 is 0 Å². The fourth-order valence-corrected chi connectivity index (χ4v) is 4.94. The molecule has 0 saturated heterocycles. The molecule has 168 valence electrons. The van der Waals surface area contributed by atoms with Crippen LogP contribution in [0.5, 0.6) is 0 Å². The fraction of sp³-hybridized carbons (Fsp3) is 0.333. The maximum absolute atomic E-state index is 13.7. The normalized spacial score (nSPS) is 21.2. The number of rotatable bonds is 3. The van der Waals surface area contributed by atoms with Crippen molar-refractivity contribution in [1.82, 2.24) is 15.1 Å². The van der Waals surface area contributed by atoms with Gasteiger partial charge in [-0.25, -0.2) is 0 Å². The summed E-state index contributed by atoms with van der Waals surface area (Å²) in [5.41, 5.74) is 2.20. The monoisotopic (exact) mass is 491 g/mol. The lowest BCUT2D eigenvalue weighted by molar-refractivity contribution is -0.133. The summed E-state index contributed by atoms with van der Waals surface area (Å²) >= 11 is 19.1. The van der Waals surface area contributed by atoms with Crippen LogP contribution < -0.4 is 5.32 Å². The summed E-state index contributed by atoms with van der Waals surface area (Å²) in [6, 6.07) is 13.8. The molecule has 4 rings (SSSR count). The third-order valence-corrected chi connectivity index (χ3v) is 7.52. The molecule has 0 radical (unpaired) electrons. The summed E-state index contributed by atoms with van der Waals surface area (Å²) < 4.78 is 0. The Bertz CT molecular complexity index is 1100. The van der Waals surface area contributed by atoms with Crippen LogP contribution in [0.15, 0.2) is 59.8 Å². The molecule has 0 aliphatic carbocycles. The summed E-state index contributed by atoms with van der Waals surface area (Å²) in [7, 11) is 1.77. The molecule has 0 saturated carbocycles. The SMILES string of the molecule is CN1C(=O)C2=C(NCCN(C(=O)[C@@H](Cl)c3ccccc3)C2c2ccc(Cl)c(Cl)c2)C1(C)C. The molecular formula is C24H24Cl3N3O2. The first kappa shape index (κ1) is 23.0. The van der Waals surface area contributed by atoms with E-state index in [9.17, 15) is 9.59 Å². The zero-order valence-electron chi connectivity index (χ0n) is 18.0. The van der Waals surface area contributed by atoms with Gasteiger partial charge in [-0.05, 0) is 37.1 Å². The van der Waals surface area contributed by atoms with Gasteiger partial charge in [-0.15, -0.1) is 11.6 Å². The van der Waals surface area contributed by atoms with E-state index in [4.69, 9.17) is 34.8 Å². The maximum atomic E-state index is 13.7. The summed E-state index contributed by atoms with van der Waals surface area (Å²) in [4.78, 5) is 30.5. The van der Waals surface area contributed by atoms with E-state index in [-0.39, 0.29) is 11.8 Å². The van der Waals surface area contributed by atoms with E-state index < -0.39 is 17.0 Å². The molecular weight excluding hydrogens is 469 g/mol. The van der Waals surface area contributed by atoms with Crippen molar-refractivity contribution >= 4 is 46.6 Å². The number of nitrogens with one attached hydrogen (secondary N) is 1. The molecule has 2 atom stereocenters. The van der Waals surface area contributed by atoms with E-state index in [0.717, 1.165) is 5.70 Å². The maximum Gasteiger partial charge on any atom is 0.254 e. The Kier molecular flexibility index (Phi) is 6.19. The van der Waals surface area contributed by atoms with Crippen molar-refractivity contribution in [2.75, 3.05) is 20.1 Å². The highest BCUT2D eigenvalue weighted by molar-refractivity contribution is 6.42. The Morgan fingerprint density at radius 2 is 1.81 bits per heavy atom. The first-order chi connectivity index (χ1) is 15.1. The molecule has 1 unspecified atom stereocenters. The second kappa shape index (κ2) is 8.62. The molecule has 2 aromatic carbocycles. The molecule has 0 aromatic heterocycles. The quantitative estimate of drug-likeness (QED) is 0.617. The topological polar surface area (TPSA) is 52.7 Å². The van der Waals surface area contributed by atoms with Crippen molar-refractivity contribution < 1.29 is 9.59 Å². The minimum absolute atomic E-state index is 0.140. The highest BCUT2D eigenvalue weighted by atomic mass is 35.5. The number of carbonyl (C=O) groups is 2. The number of amides is 2. The van der Waals surface area contributed by atoms with E-state index in [1.807, 2.05) is 44.2 Å². The van der Waals surface area contributed by atoms with Crippen molar-refractivity contribution in [2.45, 2.75) is 30.8 Å². The van der Waals surface area contributed by atoms with Crippen molar-refractivity contribution in [2.24, 2.45) is 0 Å². The van der Waals surface area contributed by atoms with E-state index in [1.165, 1.54) is 0 Å². The number of hydrogen-bond acceptors (Lipinski definition) is 3. The predicted octanol–water partition coefficient (Wildman–Crippen LogP) is 4.95. The Morgan fingerprint density at radius 3 is 2.47 bits per heavy atom. The van der Waals surface area contributed by atoms with Gasteiger partial charge in [0.05, 0.1) is 27.2 Å². The summed E-state index contributed by atoms with van der Waals surface area (Å²) in [6.45, 7) is 4.83. The highest BCUT2D eigenvalue weighted by Gasteiger charge is 2.49. The Labute approximate surface area is 202 Å². The van der Waals surface area contributed by atoms with Gasteiger partial charge in [-0.1, -0.05) is 59.6 Å². The molecule has 2 aliphatic heterocycles. The molecule has 8 heteroatoms. The molecule has 0 spiro atoms. The van der Waals surface area contributed by atoms with Crippen LogP contribution in [0.1, 0.15) is 36.4 Å². The van der Waals surface area contributed by atoms with E-state index in [0.29, 0.717) is 39.8 Å². The number of likely N-dealkylation sites (N-methyl/N-ethyl adjacent to an activating group) is 1. The van der Waals surface area contributed by atoms with Gasteiger partial charge in [0.15, 0.2) is 0 Å². The third kappa shape index (κ3) is 3.76. The van der Waals surface area contributed by atoms with Crippen molar-refractivity contribution in [3.8, 4) is 0 Å². The fourth-order valence-electron chi connectivity index (χ4n) is 4.37. The van der Waals surface area contributed by atoms with Gasteiger partial charge in [-0.2, -0.15) is 0 Å². The first-order valence-electron chi connectivity index (χ1n) is 10.4.